The van der Waals surface area contributed by atoms with E-state index < -0.39 is 0 Å². The van der Waals surface area contributed by atoms with Crippen molar-refractivity contribution < 1.29 is 13.9 Å². The lowest BCUT2D eigenvalue weighted by atomic mass is 9.90. The van der Waals surface area contributed by atoms with Crippen LogP contribution in [0, 0.1) is 0 Å². The lowest BCUT2D eigenvalue weighted by Gasteiger charge is -2.31. The normalized spacial score (nSPS) is 19.6. The maximum atomic E-state index is 13.2. The van der Waals surface area contributed by atoms with Crippen LogP contribution in [-0.4, -0.2) is 64.9 Å². The highest BCUT2D eigenvalue weighted by Gasteiger charge is 2.32. The maximum Gasteiger partial charge on any atom is 0.274 e. The molecule has 0 N–H and O–H groups in total. The van der Waals surface area contributed by atoms with E-state index in [0.717, 1.165) is 37.1 Å². The highest BCUT2D eigenvalue weighted by molar-refractivity contribution is 5.94. The van der Waals surface area contributed by atoms with Crippen LogP contribution in [-0.2, 0) is 30.7 Å². The van der Waals surface area contributed by atoms with Gasteiger partial charge in [0.2, 0.25) is 0 Å². The first-order valence-electron chi connectivity index (χ1n) is 9.96. The number of morpholine rings is 1. The summed E-state index contributed by atoms with van der Waals surface area (Å²) in [5, 5.41) is 4.70. The Labute approximate surface area is 165 Å². The van der Waals surface area contributed by atoms with Crippen LogP contribution >= 0.6 is 0 Å². The molecule has 1 atom stereocenters. The third kappa shape index (κ3) is 3.77. The van der Waals surface area contributed by atoms with Crippen LogP contribution in [0.1, 0.15) is 33.9 Å². The van der Waals surface area contributed by atoms with Gasteiger partial charge in [0.15, 0.2) is 5.69 Å². The van der Waals surface area contributed by atoms with Gasteiger partial charge in [-0.25, -0.2) is 0 Å². The van der Waals surface area contributed by atoms with E-state index in [9.17, 15) is 4.79 Å². The van der Waals surface area contributed by atoms with Crippen molar-refractivity contribution in [2.24, 2.45) is 0 Å². The predicted octanol–water partition coefficient (Wildman–Crippen LogP) is 2.12. The molecule has 1 aliphatic heterocycles. The van der Waals surface area contributed by atoms with Gasteiger partial charge in [0.1, 0.15) is 5.76 Å². The lowest BCUT2D eigenvalue weighted by Crippen LogP contribution is -2.42. The van der Waals surface area contributed by atoms with E-state index in [4.69, 9.17) is 14.3 Å². The number of likely N-dealkylation sites (N-methyl/N-ethyl adjacent to an activating group) is 1. The SMILES string of the molecule is C=CCn1nc(C(=O)N2CCOCC2)c2c1CCC(N(C)Cc1ccco1)C2. The summed E-state index contributed by atoms with van der Waals surface area (Å²) in [5.74, 6) is 0.983. The van der Waals surface area contributed by atoms with Crippen molar-refractivity contribution in [3.8, 4) is 0 Å². The van der Waals surface area contributed by atoms with Crippen LogP contribution in [0.3, 0.4) is 0 Å². The Balaban J connectivity index is 1.57. The number of hydrogen-bond acceptors (Lipinski definition) is 5. The van der Waals surface area contributed by atoms with E-state index in [2.05, 4.69) is 18.5 Å². The van der Waals surface area contributed by atoms with Crippen molar-refractivity contribution in [2.75, 3.05) is 33.4 Å². The van der Waals surface area contributed by atoms with E-state index in [-0.39, 0.29) is 5.91 Å². The van der Waals surface area contributed by atoms with Gasteiger partial charge in [-0.05, 0) is 38.4 Å². The number of allylic oxidation sites excluding steroid dienone is 1. The standard InChI is InChI=1S/C21H28N4O3/c1-3-8-25-19-7-6-16(23(2)15-17-5-4-11-28-17)14-18(19)20(22-25)21(26)24-9-12-27-13-10-24/h3-5,11,16H,1,6-10,12-15H2,2H3. The average Bonchev–Trinajstić information content (AvgIpc) is 3.36. The highest BCUT2D eigenvalue weighted by Crippen LogP contribution is 2.29. The largest absolute Gasteiger partial charge is 0.468 e. The predicted molar refractivity (Wildman–Crippen MR) is 105 cm³/mol. The van der Waals surface area contributed by atoms with Crippen molar-refractivity contribution in [3.63, 3.8) is 0 Å². The Hall–Kier alpha value is -2.38. The molecule has 3 heterocycles. The smallest absolute Gasteiger partial charge is 0.274 e. The Morgan fingerprint density at radius 2 is 2.25 bits per heavy atom. The van der Waals surface area contributed by atoms with Gasteiger partial charge in [0.25, 0.3) is 5.91 Å². The number of amides is 1. The monoisotopic (exact) mass is 384 g/mol. The number of ether oxygens (including phenoxy) is 1. The summed E-state index contributed by atoms with van der Waals surface area (Å²) < 4.78 is 12.8. The van der Waals surface area contributed by atoms with E-state index >= 15 is 0 Å². The number of carbonyl (C=O) groups excluding carboxylic acids is 1. The first-order chi connectivity index (χ1) is 13.7. The molecule has 2 aromatic rings. The first kappa shape index (κ1) is 19.0. The van der Waals surface area contributed by atoms with Gasteiger partial charge >= 0.3 is 0 Å². The van der Waals surface area contributed by atoms with Crippen LogP contribution in [0.2, 0.25) is 0 Å². The fourth-order valence-electron chi connectivity index (χ4n) is 4.18. The number of carbonyl (C=O) groups is 1. The summed E-state index contributed by atoms with van der Waals surface area (Å²) in [5.41, 5.74) is 2.88. The fourth-order valence-corrected chi connectivity index (χ4v) is 4.18. The quantitative estimate of drug-likeness (QED) is 0.714. The van der Waals surface area contributed by atoms with Crippen molar-refractivity contribution in [1.29, 1.82) is 0 Å². The zero-order chi connectivity index (χ0) is 19.5. The van der Waals surface area contributed by atoms with Gasteiger partial charge in [-0.15, -0.1) is 6.58 Å². The zero-order valence-electron chi connectivity index (χ0n) is 16.5. The summed E-state index contributed by atoms with van der Waals surface area (Å²) >= 11 is 0. The van der Waals surface area contributed by atoms with Gasteiger partial charge in [0, 0.05) is 30.4 Å². The molecule has 7 nitrogen and oxygen atoms in total. The number of furan rings is 1. The van der Waals surface area contributed by atoms with E-state index in [1.165, 1.54) is 5.69 Å². The molecule has 0 saturated carbocycles. The molecule has 7 heteroatoms. The molecule has 1 fully saturated rings. The third-order valence-corrected chi connectivity index (χ3v) is 5.73. The number of nitrogens with zero attached hydrogens (tertiary/aromatic N) is 4. The maximum absolute atomic E-state index is 13.2. The van der Waals surface area contributed by atoms with E-state index in [0.29, 0.717) is 44.6 Å². The lowest BCUT2D eigenvalue weighted by molar-refractivity contribution is 0.0297. The van der Waals surface area contributed by atoms with Gasteiger partial charge in [-0.2, -0.15) is 5.10 Å². The number of fused-ring (bicyclic) bond motifs is 1. The molecule has 4 rings (SSSR count). The minimum absolute atomic E-state index is 0.0247. The summed E-state index contributed by atoms with van der Waals surface area (Å²) in [7, 11) is 2.12. The second-order valence-electron chi connectivity index (χ2n) is 7.54. The van der Waals surface area contributed by atoms with Gasteiger partial charge in [0.05, 0.1) is 32.6 Å². The van der Waals surface area contributed by atoms with E-state index in [1.54, 1.807) is 6.26 Å². The Bertz CT molecular complexity index is 821. The third-order valence-electron chi connectivity index (χ3n) is 5.73. The minimum Gasteiger partial charge on any atom is -0.468 e. The van der Waals surface area contributed by atoms with Crippen LogP contribution in [0.5, 0.6) is 0 Å². The molecule has 1 unspecified atom stereocenters. The van der Waals surface area contributed by atoms with Crippen molar-refractivity contribution in [2.45, 2.75) is 38.4 Å². The number of aromatic nitrogens is 2. The van der Waals surface area contributed by atoms with E-state index in [1.807, 2.05) is 27.8 Å². The first-order valence-corrected chi connectivity index (χ1v) is 9.96. The molecule has 0 aromatic carbocycles. The molecule has 150 valence electrons. The van der Waals surface area contributed by atoms with Gasteiger partial charge in [-0.3, -0.25) is 14.4 Å². The number of rotatable bonds is 6. The molecular formula is C21H28N4O3. The molecule has 28 heavy (non-hydrogen) atoms. The van der Waals surface area contributed by atoms with Crippen molar-refractivity contribution >= 4 is 5.91 Å². The summed E-state index contributed by atoms with van der Waals surface area (Å²) in [6.07, 6.45) is 6.33. The molecule has 1 aliphatic carbocycles. The molecule has 0 radical (unpaired) electrons. The fraction of sp³-hybridized carbons (Fsp3) is 0.524. The molecule has 2 aromatic heterocycles. The molecule has 1 saturated heterocycles. The Morgan fingerprint density at radius 1 is 1.43 bits per heavy atom. The molecule has 0 bridgehead atoms. The van der Waals surface area contributed by atoms with Gasteiger partial charge < -0.3 is 14.1 Å². The minimum atomic E-state index is 0.0247. The van der Waals surface area contributed by atoms with Gasteiger partial charge in [-0.1, -0.05) is 6.08 Å². The Kier molecular flexibility index (Phi) is 5.64. The second-order valence-corrected chi connectivity index (χ2v) is 7.54. The highest BCUT2D eigenvalue weighted by atomic mass is 16.5. The summed E-state index contributed by atoms with van der Waals surface area (Å²) in [6.45, 7) is 7.68. The molecular weight excluding hydrogens is 356 g/mol. The van der Waals surface area contributed by atoms with Crippen molar-refractivity contribution in [1.82, 2.24) is 19.6 Å². The summed E-state index contributed by atoms with van der Waals surface area (Å²) in [6, 6.07) is 4.27. The topological polar surface area (TPSA) is 63.7 Å². The molecule has 2 aliphatic rings. The summed E-state index contributed by atoms with van der Waals surface area (Å²) in [4.78, 5) is 17.3. The Morgan fingerprint density at radius 3 is 2.96 bits per heavy atom. The second kappa shape index (κ2) is 8.32. The molecule has 0 spiro atoms. The van der Waals surface area contributed by atoms with Crippen LogP contribution in [0.4, 0.5) is 0 Å². The molecule has 1 amide bonds. The number of hydrogen-bond donors (Lipinski definition) is 0. The average molecular weight is 384 g/mol. The zero-order valence-corrected chi connectivity index (χ0v) is 16.5. The van der Waals surface area contributed by atoms with Crippen molar-refractivity contribution in [3.05, 3.63) is 53.8 Å². The van der Waals surface area contributed by atoms with Crippen LogP contribution in [0.15, 0.2) is 35.5 Å². The van der Waals surface area contributed by atoms with Crippen LogP contribution in [0.25, 0.3) is 0 Å². The van der Waals surface area contributed by atoms with Crippen LogP contribution < -0.4 is 0 Å².